The first-order valence-electron chi connectivity index (χ1n) is 5.05. The minimum absolute atomic E-state index is 0.0223. The van der Waals surface area contributed by atoms with Crippen molar-refractivity contribution >= 4 is 40.8 Å². The molecule has 10 heteroatoms. The fourth-order valence-corrected chi connectivity index (χ4v) is 5.34. The normalized spacial score (nSPS) is 15.9. The van der Waals surface area contributed by atoms with Crippen molar-refractivity contribution in [3.63, 3.8) is 0 Å². The molecule has 106 valence electrons. The van der Waals surface area contributed by atoms with E-state index in [9.17, 15) is 14.2 Å². The quantitative estimate of drug-likeness (QED) is 0.412. The first-order valence-corrected chi connectivity index (χ1v) is 9.64. The van der Waals surface area contributed by atoms with Gasteiger partial charge in [0.25, 0.3) is 0 Å². The summed E-state index contributed by atoms with van der Waals surface area (Å²) in [4.78, 5) is 21.2. The largest absolute Gasteiger partial charge is 0.481 e. The van der Waals surface area contributed by atoms with Crippen molar-refractivity contribution in [3.8, 4) is 0 Å². The molecule has 2 unspecified atom stereocenters. The van der Waals surface area contributed by atoms with Gasteiger partial charge in [0.05, 0.1) is 11.7 Å². The number of carbonyl (C=O) groups is 2. The second-order valence-corrected chi connectivity index (χ2v) is 10.0. The number of hydrogen-bond acceptors (Lipinski definition) is 7. The van der Waals surface area contributed by atoms with Gasteiger partial charge < -0.3 is 14.8 Å². The smallest absolute Gasteiger partial charge is 0.339 e. The zero-order valence-corrected chi connectivity index (χ0v) is 12.2. The standard InChI is InChI=1S/C8H15O7PS2/c1-2-5-17-16(13,18-14)15-6(8(11)12)3-4-7(9)10/h6,14H,2-5H2,1H3,(H,9,10)(H,11,12). The number of carboxylic acid groups (broad SMARTS) is 2. The van der Waals surface area contributed by atoms with Crippen LogP contribution in [0.15, 0.2) is 0 Å². The molecule has 7 nitrogen and oxygen atoms in total. The predicted molar refractivity (Wildman–Crippen MR) is 70.0 cm³/mol. The zero-order valence-electron chi connectivity index (χ0n) is 9.64. The number of rotatable bonds is 10. The van der Waals surface area contributed by atoms with Crippen LogP contribution in [-0.2, 0) is 18.7 Å². The first kappa shape index (κ1) is 17.8. The second-order valence-electron chi connectivity index (χ2n) is 3.23. The van der Waals surface area contributed by atoms with Gasteiger partial charge in [-0.3, -0.25) is 13.9 Å². The molecule has 0 saturated carbocycles. The highest BCUT2D eigenvalue weighted by atomic mass is 33.1. The third-order valence-corrected chi connectivity index (χ3v) is 7.49. The Kier molecular flexibility index (Phi) is 8.71. The van der Waals surface area contributed by atoms with E-state index in [-0.39, 0.29) is 18.1 Å². The molecule has 0 amide bonds. The van der Waals surface area contributed by atoms with Crippen molar-refractivity contribution in [2.75, 3.05) is 5.75 Å². The Morgan fingerprint density at radius 3 is 2.39 bits per heavy atom. The van der Waals surface area contributed by atoms with E-state index in [0.29, 0.717) is 12.2 Å². The molecule has 0 heterocycles. The van der Waals surface area contributed by atoms with Crippen molar-refractivity contribution in [1.29, 1.82) is 0 Å². The van der Waals surface area contributed by atoms with Gasteiger partial charge in [-0.2, -0.15) is 0 Å². The van der Waals surface area contributed by atoms with E-state index in [2.05, 4.69) is 0 Å². The van der Waals surface area contributed by atoms with Crippen LogP contribution >= 0.6 is 28.8 Å². The summed E-state index contributed by atoms with van der Waals surface area (Å²) in [6, 6.07) is 0. The molecular weight excluding hydrogens is 303 g/mol. The minimum atomic E-state index is -3.57. The highest BCUT2D eigenvalue weighted by Crippen LogP contribution is 2.69. The molecule has 0 aromatic carbocycles. The van der Waals surface area contributed by atoms with Crippen molar-refractivity contribution < 1.29 is 33.4 Å². The van der Waals surface area contributed by atoms with Crippen LogP contribution in [0.2, 0.25) is 0 Å². The van der Waals surface area contributed by atoms with Crippen LogP contribution in [0.25, 0.3) is 0 Å². The molecule has 0 saturated heterocycles. The van der Waals surface area contributed by atoms with E-state index < -0.39 is 30.2 Å². The topological polar surface area (TPSA) is 121 Å². The van der Waals surface area contributed by atoms with Gasteiger partial charge in [-0.1, -0.05) is 18.3 Å². The minimum Gasteiger partial charge on any atom is -0.481 e. The molecule has 0 aliphatic rings. The third kappa shape index (κ3) is 7.27. The van der Waals surface area contributed by atoms with Crippen LogP contribution in [0, 0.1) is 0 Å². The van der Waals surface area contributed by atoms with Crippen LogP contribution < -0.4 is 0 Å². The molecule has 0 spiro atoms. The molecule has 2 atom stereocenters. The lowest BCUT2D eigenvalue weighted by Crippen LogP contribution is -2.23. The summed E-state index contributed by atoms with van der Waals surface area (Å²) in [7, 11) is 0. The molecule has 0 radical (unpaired) electrons. The highest BCUT2D eigenvalue weighted by molar-refractivity contribution is 8.87. The van der Waals surface area contributed by atoms with Gasteiger partial charge in [-0.05, 0) is 12.8 Å². The van der Waals surface area contributed by atoms with E-state index >= 15 is 0 Å². The Morgan fingerprint density at radius 1 is 1.39 bits per heavy atom. The highest BCUT2D eigenvalue weighted by Gasteiger charge is 2.32. The lowest BCUT2D eigenvalue weighted by molar-refractivity contribution is -0.146. The van der Waals surface area contributed by atoms with Crippen molar-refractivity contribution in [1.82, 2.24) is 0 Å². The van der Waals surface area contributed by atoms with Gasteiger partial charge in [0.15, 0.2) is 6.10 Å². The van der Waals surface area contributed by atoms with Crippen molar-refractivity contribution in [2.45, 2.75) is 32.3 Å². The maximum absolute atomic E-state index is 11.9. The van der Waals surface area contributed by atoms with E-state index in [1.807, 2.05) is 6.92 Å². The molecule has 0 aliphatic carbocycles. The Labute approximate surface area is 112 Å². The average Bonchev–Trinajstić information content (AvgIpc) is 2.31. The number of aliphatic carboxylic acids is 2. The van der Waals surface area contributed by atoms with Crippen LogP contribution in [0.3, 0.4) is 0 Å². The fraction of sp³-hybridized carbons (Fsp3) is 0.750. The lowest BCUT2D eigenvalue weighted by atomic mass is 10.2. The van der Waals surface area contributed by atoms with Gasteiger partial charge in [-0.15, -0.1) is 0 Å². The summed E-state index contributed by atoms with van der Waals surface area (Å²) in [5.74, 6) is -5.70. The molecule has 3 N–H and O–H groups in total. The van der Waals surface area contributed by atoms with Crippen LogP contribution in [0.1, 0.15) is 26.2 Å². The number of hydrogen-bond donors (Lipinski definition) is 3. The molecule has 0 rings (SSSR count). The molecule has 0 fully saturated rings. The first-order chi connectivity index (χ1) is 8.34. The van der Waals surface area contributed by atoms with Gasteiger partial charge in [0, 0.05) is 12.2 Å². The average molecular weight is 318 g/mol. The van der Waals surface area contributed by atoms with Crippen molar-refractivity contribution in [2.24, 2.45) is 0 Å². The fourth-order valence-electron chi connectivity index (χ4n) is 0.908. The van der Waals surface area contributed by atoms with Gasteiger partial charge in [-0.25, -0.2) is 4.79 Å². The van der Waals surface area contributed by atoms with Crippen molar-refractivity contribution in [3.05, 3.63) is 0 Å². The van der Waals surface area contributed by atoms with Gasteiger partial charge in [0.2, 0.25) is 0 Å². The molecule has 0 bridgehead atoms. The maximum atomic E-state index is 11.9. The molecule has 18 heavy (non-hydrogen) atoms. The maximum Gasteiger partial charge on any atom is 0.339 e. The van der Waals surface area contributed by atoms with Crippen LogP contribution in [0.4, 0.5) is 0 Å². The Balaban J connectivity index is 4.57. The Hall–Kier alpha value is -0.210. The summed E-state index contributed by atoms with van der Waals surface area (Å²) in [6.07, 6.45) is -1.53. The molecular formula is C8H15O7PS2. The lowest BCUT2D eigenvalue weighted by Gasteiger charge is -2.18. The van der Waals surface area contributed by atoms with E-state index in [4.69, 9.17) is 19.3 Å². The monoisotopic (exact) mass is 318 g/mol. The Bertz CT molecular complexity index is 335. The third-order valence-electron chi connectivity index (χ3n) is 1.71. The van der Waals surface area contributed by atoms with Crippen LogP contribution in [0.5, 0.6) is 0 Å². The van der Waals surface area contributed by atoms with Gasteiger partial charge in [0.1, 0.15) is 0 Å². The second kappa shape index (κ2) is 8.82. The SMILES string of the molecule is CCCSP(=O)(OC(CCC(=O)O)C(=O)O)SO. The summed E-state index contributed by atoms with van der Waals surface area (Å²) < 4.78 is 25.7. The van der Waals surface area contributed by atoms with Gasteiger partial charge >= 0.3 is 17.7 Å². The molecule has 0 aromatic heterocycles. The summed E-state index contributed by atoms with van der Waals surface area (Å²) in [6.45, 7) is 1.83. The molecule has 0 aliphatic heterocycles. The van der Waals surface area contributed by atoms with E-state index in [0.717, 1.165) is 11.4 Å². The Morgan fingerprint density at radius 2 is 2.00 bits per heavy atom. The van der Waals surface area contributed by atoms with E-state index in [1.165, 1.54) is 0 Å². The zero-order chi connectivity index (χ0) is 14.2. The summed E-state index contributed by atoms with van der Waals surface area (Å²) >= 11 is 0.817. The number of carboxylic acids is 2. The summed E-state index contributed by atoms with van der Waals surface area (Å²) in [5, 5.41) is 17.3. The predicted octanol–water partition coefficient (Wildman–Crippen LogP) is 2.78. The molecule has 0 aromatic rings. The summed E-state index contributed by atoms with van der Waals surface area (Å²) in [5.41, 5.74) is 0. The van der Waals surface area contributed by atoms with E-state index in [1.54, 1.807) is 0 Å². The van der Waals surface area contributed by atoms with Crippen LogP contribution in [-0.4, -0.2) is 38.6 Å².